The van der Waals surface area contributed by atoms with Gasteiger partial charge in [-0.25, -0.2) is 0 Å². The van der Waals surface area contributed by atoms with Crippen LogP contribution in [0.25, 0.3) is 0 Å². The number of hydrogen-bond donors (Lipinski definition) is 2. The Morgan fingerprint density at radius 2 is 2.11 bits per heavy atom. The van der Waals surface area contributed by atoms with E-state index in [0.717, 1.165) is 18.0 Å². The second-order valence-electron chi connectivity index (χ2n) is 5.74. The largest absolute Gasteiger partial charge is 0.389 e. The average molecular weight is 285 g/mol. The fourth-order valence-electron chi connectivity index (χ4n) is 2.29. The molecular formula is C15H25ClN2O. The summed E-state index contributed by atoms with van der Waals surface area (Å²) in [6.45, 7) is 5.24. The van der Waals surface area contributed by atoms with Crippen molar-refractivity contribution in [3.05, 3.63) is 34.9 Å². The summed E-state index contributed by atoms with van der Waals surface area (Å²) >= 11 is 6.02. The van der Waals surface area contributed by atoms with Gasteiger partial charge < -0.3 is 15.3 Å². The number of halogens is 1. The van der Waals surface area contributed by atoms with Gasteiger partial charge in [0.05, 0.1) is 5.60 Å². The summed E-state index contributed by atoms with van der Waals surface area (Å²) in [6.07, 6.45) is 0.976. The van der Waals surface area contributed by atoms with Crippen molar-refractivity contribution >= 4 is 11.6 Å². The van der Waals surface area contributed by atoms with E-state index in [9.17, 15) is 5.11 Å². The number of nitrogens with one attached hydrogen (secondary N) is 1. The summed E-state index contributed by atoms with van der Waals surface area (Å²) < 4.78 is 0. The third-order valence-electron chi connectivity index (χ3n) is 3.06. The van der Waals surface area contributed by atoms with Crippen LogP contribution < -0.4 is 5.32 Å². The van der Waals surface area contributed by atoms with Crippen molar-refractivity contribution in [2.45, 2.75) is 31.9 Å². The molecule has 4 heteroatoms. The normalized spacial score (nSPS) is 13.8. The molecule has 0 bridgehead atoms. The highest BCUT2D eigenvalue weighted by atomic mass is 35.5. The maximum absolute atomic E-state index is 9.79. The lowest BCUT2D eigenvalue weighted by molar-refractivity contribution is 0.0436. The van der Waals surface area contributed by atoms with Gasteiger partial charge in [0, 0.05) is 17.6 Å². The zero-order chi connectivity index (χ0) is 14.5. The first-order valence-corrected chi connectivity index (χ1v) is 7.03. The van der Waals surface area contributed by atoms with E-state index in [1.54, 1.807) is 0 Å². The third kappa shape index (κ3) is 6.39. The molecule has 0 aliphatic rings. The Hall–Kier alpha value is -0.610. The first kappa shape index (κ1) is 16.4. The Balaban J connectivity index is 2.54. The maximum atomic E-state index is 9.79. The lowest BCUT2D eigenvalue weighted by Crippen LogP contribution is -2.37. The van der Waals surface area contributed by atoms with Gasteiger partial charge in [-0.3, -0.25) is 0 Å². The molecule has 108 valence electrons. The van der Waals surface area contributed by atoms with Crippen molar-refractivity contribution in [1.82, 2.24) is 10.2 Å². The highest BCUT2D eigenvalue weighted by molar-refractivity contribution is 6.30. The predicted molar refractivity (Wildman–Crippen MR) is 81.7 cm³/mol. The third-order valence-corrected chi connectivity index (χ3v) is 3.29. The molecule has 2 N–H and O–H groups in total. The standard InChI is InChI=1S/C15H25ClN2O/c1-15(2,19)11-18(4)9-8-14(17-3)12-6-5-7-13(16)10-12/h5-7,10,14,17,19H,8-9,11H2,1-4H3. The molecule has 0 amide bonds. The van der Waals surface area contributed by atoms with Crippen LogP contribution in [0.15, 0.2) is 24.3 Å². The quantitative estimate of drug-likeness (QED) is 0.808. The van der Waals surface area contributed by atoms with Gasteiger partial charge in [-0.05, 0) is 58.6 Å². The van der Waals surface area contributed by atoms with Crippen LogP contribution in [0.4, 0.5) is 0 Å². The zero-order valence-electron chi connectivity index (χ0n) is 12.3. The molecule has 3 nitrogen and oxygen atoms in total. The van der Waals surface area contributed by atoms with Crippen molar-refractivity contribution in [3.8, 4) is 0 Å². The van der Waals surface area contributed by atoms with Gasteiger partial charge >= 0.3 is 0 Å². The smallest absolute Gasteiger partial charge is 0.0718 e. The summed E-state index contributed by atoms with van der Waals surface area (Å²) in [7, 11) is 3.99. The van der Waals surface area contributed by atoms with Crippen molar-refractivity contribution in [2.75, 3.05) is 27.2 Å². The van der Waals surface area contributed by atoms with Gasteiger partial charge in [0.25, 0.3) is 0 Å². The molecule has 19 heavy (non-hydrogen) atoms. The highest BCUT2D eigenvalue weighted by Crippen LogP contribution is 2.20. The number of hydrogen-bond acceptors (Lipinski definition) is 3. The lowest BCUT2D eigenvalue weighted by atomic mass is 10.0. The van der Waals surface area contributed by atoms with Crippen LogP contribution in [0.2, 0.25) is 5.02 Å². The van der Waals surface area contributed by atoms with Crippen molar-refractivity contribution in [3.63, 3.8) is 0 Å². The van der Waals surface area contributed by atoms with Crippen LogP contribution >= 0.6 is 11.6 Å². The van der Waals surface area contributed by atoms with Crippen LogP contribution in [-0.2, 0) is 0 Å². The van der Waals surface area contributed by atoms with Crippen molar-refractivity contribution < 1.29 is 5.11 Å². The van der Waals surface area contributed by atoms with Crippen LogP contribution in [0, 0.1) is 0 Å². The number of aliphatic hydroxyl groups is 1. The number of likely N-dealkylation sites (N-methyl/N-ethyl adjacent to an activating group) is 1. The molecule has 0 aliphatic heterocycles. The average Bonchev–Trinajstić information content (AvgIpc) is 2.27. The molecule has 1 atom stereocenters. The minimum atomic E-state index is -0.653. The van der Waals surface area contributed by atoms with Crippen LogP contribution in [0.3, 0.4) is 0 Å². The zero-order valence-corrected chi connectivity index (χ0v) is 13.0. The molecule has 1 rings (SSSR count). The van der Waals surface area contributed by atoms with Gasteiger partial charge in [0.15, 0.2) is 0 Å². The predicted octanol–water partition coefficient (Wildman–Crippen LogP) is 2.69. The van der Waals surface area contributed by atoms with Crippen molar-refractivity contribution in [2.24, 2.45) is 0 Å². The minimum Gasteiger partial charge on any atom is -0.389 e. The molecule has 0 heterocycles. The Labute approximate surface area is 121 Å². The van der Waals surface area contributed by atoms with Crippen LogP contribution in [-0.4, -0.2) is 42.8 Å². The lowest BCUT2D eigenvalue weighted by Gasteiger charge is -2.27. The Bertz CT molecular complexity index is 390. The molecule has 0 saturated heterocycles. The summed E-state index contributed by atoms with van der Waals surface area (Å²) in [5, 5.41) is 13.9. The van der Waals surface area contributed by atoms with Crippen molar-refractivity contribution in [1.29, 1.82) is 0 Å². The molecule has 1 aromatic rings. The molecule has 0 spiro atoms. The van der Waals surface area contributed by atoms with Gasteiger partial charge in [-0.15, -0.1) is 0 Å². The second kappa shape index (κ2) is 7.25. The maximum Gasteiger partial charge on any atom is 0.0718 e. The Kier molecular flexibility index (Phi) is 6.27. The molecular weight excluding hydrogens is 260 g/mol. The molecule has 0 fully saturated rings. The summed E-state index contributed by atoms with van der Waals surface area (Å²) in [6, 6.07) is 8.23. The summed E-state index contributed by atoms with van der Waals surface area (Å²) in [4.78, 5) is 2.15. The van der Waals surface area contributed by atoms with Crippen LogP contribution in [0.1, 0.15) is 31.9 Å². The summed E-state index contributed by atoms with van der Waals surface area (Å²) in [5.41, 5.74) is 0.548. The molecule has 1 unspecified atom stereocenters. The van der Waals surface area contributed by atoms with E-state index >= 15 is 0 Å². The fraction of sp³-hybridized carbons (Fsp3) is 0.600. The monoisotopic (exact) mass is 284 g/mol. The highest BCUT2D eigenvalue weighted by Gasteiger charge is 2.17. The first-order valence-electron chi connectivity index (χ1n) is 6.65. The van der Waals surface area contributed by atoms with Gasteiger partial charge in [-0.1, -0.05) is 23.7 Å². The number of benzene rings is 1. The Morgan fingerprint density at radius 1 is 1.42 bits per heavy atom. The van der Waals surface area contributed by atoms with E-state index in [-0.39, 0.29) is 6.04 Å². The van der Waals surface area contributed by atoms with Gasteiger partial charge in [0.2, 0.25) is 0 Å². The van der Waals surface area contributed by atoms with E-state index in [0.29, 0.717) is 6.54 Å². The van der Waals surface area contributed by atoms with Gasteiger partial charge in [0.1, 0.15) is 0 Å². The Morgan fingerprint density at radius 3 is 2.63 bits per heavy atom. The minimum absolute atomic E-state index is 0.281. The van der Waals surface area contributed by atoms with E-state index in [4.69, 9.17) is 11.6 Å². The van der Waals surface area contributed by atoms with E-state index < -0.39 is 5.60 Å². The first-order chi connectivity index (χ1) is 8.81. The second-order valence-corrected chi connectivity index (χ2v) is 6.17. The number of nitrogens with zero attached hydrogens (tertiary/aromatic N) is 1. The molecule has 0 saturated carbocycles. The van der Waals surface area contributed by atoms with Gasteiger partial charge in [-0.2, -0.15) is 0 Å². The molecule has 0 aromatic heterocycles. The van der Waals surface area contributed by atoms with E-state index in [2.05, 4.69) is 16.3 Å². The molecule has 0 aliphatic carbocycles. The van der Waals surface area contributed by atoms with E-state index in [1.165, 1.54) is 5.56 Å². The summed E-state index contributed by atoms with van der Waals surface area (Å²) in [5.74, 6) is 0. The van der Waals surface area contributed by atoms with E-state index in [1.807, 2.05) is 46.1 Å². The SMILES string of the molecule is CNC(CCN(C)CC(C)(C)O)c1cccc(Cl)c1. The number of rotatable bonds is 7. The topological polar surface area (TPSA) is 35.5 Å². The van der Waals surface area contributed by atoms with Crippen LogP contribution in [0.5, 0.6) is 0 Å². The molecule has 1 aromatic carbocycles. The fourth-order valence-corrected chi connectivity index (χ4v) is 2.49. The molecule has 0 radical (unpaired) electrons.